The second-order valence-corrected chi connectivity index (χ2v) is 5.19. The van der Waals surface area contributed by atoms with Crippen LogP contribution in [0.1, 0.15) is 42.7 Å². The molecule has 14 heavy (non-hydrogen) atoms. The number of hydrogen-bond acceptors (Lipinski definition) is 0. The molecular formula is C14H18. The van der Waals surface area contributed by atoms with Gasteiger partial charge < -0.3 is 0 Å². The van der Waals surface area contributed by atoms with E-state index in [4.69, 9.17) is 0 Å². The Bertz CT molecular complexity index is 322. The monoisotopic (exact) mass is 186 g/mol. The van der Waals surface area contributed by atoms with Crippen LogP contribution >= 0.6 is 0 Å². The zero-order valence-corrected chi connectivity index (χ0v) is 8.87. The molecule has 74 valence electrons. The highest BCUT2D eigenvalue weighted by atomic mass is 14.4. The van der Waals surface area contributed by atoms with Crippen molar-refractivity contribution in [2.45, 2.75) is 38.5 Å². The topological polar surface area (TPSA) is 0 Å². The summed E-state index contributed by atoms with van der Waals surface area (Å²) >= 11 is 0. The van der Waals surface area contributed by atoms with Crippen LogP contribution in [0.4, 0.5) is 0 Å². The van der Waals surface area contributed by atoms with Gasteiger partial charge in [0.05, 0.1) is 0 Å². The highest BCUT2D eigenvalue weighted by molar-refractivity contribution is 5.26. The second kappa shape index (κ2) is 3.12. The Morgan fingerprint density at radius 1 is 1.00 bits per heavy atom. The molecule has 0 heterocycles. The van der Waals surface area contributed by atoms with E-state index in [1.54, 1.807) is 5.56 Å². The average molecular weight is 186 g/mol. The number of fused-ring (bicyclic) bond motifs is 2. The van der Waals surface area contributed by atoms with E-state index < -0.39 is 0 Å². The molecule has 0 N–H and O–H groups in total. The lowest BCUT2D eigenvalue weighted by atomic mass is 9.83. The van der Waals surface area contributed by atoms with Gasteiger partial charge in [-0.05, 0) is 49.5 Å². The largest absolute Gasteiger partial charge is 0.0590 e. The van der Waals surface area contributed by atoms with E-state index in [1.807, 2.05) is 0 Å². The van der Waals surface area contributed by atoms with E-state index in [1.165, 1.54) is 31.2 Å². The van der Waals surface area contributed by atoms with Crippen molar-refractivity contribution in [1.29, 1.82) is 0 Å². The fraction of sp³-hybridized carbons (Fsp3) is 0.571. The Hall–Kier alpha value is -0.780. The molecular weight excluding hydrogens is 168 g/mol. The minimum Gasteiger partial charge on any atom is -0.0590 e. The zero-order valence-electron chi connectivity index (χ0n) is 8.87. The van der Waals surface area contributed by atoms with Crippen LogP contribution in [-0.4, -0.2) is 0 Å². The van der Waals surface area contributed by atoms with E-state index in [0.717, 1.165) is 17.8 Å². The summed E-state index contributed by atoms with van der Waals surface area (Å²) in [6, 6.07) is 9.23. The number of rotatable bonds is 1. The quantitative estimate of drug-likeness (QED) is 0.624. The summed E-state index contributed by atoms with van der Waals surface area (Å²) in [7, 11) is 0. The Morgan fingerprint density at radius 3 is 2.36 bits per heavy atom. The van der Waals surface area contributed by atoms with Gasteiger partial charge in [0.2, 0.25) is 0 Å². The van der Waals surface area contributed by atoms with Crippen LogP contribution in [0, 0.1) is 18.8 Å². The maximum Gasteiger partial charge on any atom is -0.0131 e. The molecule has 3 atom stereocenters. The zero-order chi connectivity index (χ0) is 9.54. The van der Waals surface area contributed by atoms with Crippen molar-refractivity contribution in [1.82, 2.24) is 0 Å². The minimum atomic E-state index is 0.898. The van der Waals surface area contributed by atoms with E-state index in [9.17, 15) is 0 Å². The molecule has 0 amide bonds. The molecule has 0 radical (unpaired) electrons. The Morgan fingerprint density at radius 2 is 1.79 bits per heavy atom. The predicted octanol–water partition coefficient (Wildman–Crippen LogP) is 3.90. The minimum absolute atomic E-state index is 0.898. The van der Waals surface area contributed by atoms with Crippen molar-refractivity contribution in [3.63, 3.8) is 0 Å². The van der Waals surface area contributed by atoms with Crippen molar-refractivity contribution in [3.8, 4) is 0 Å². The van der Waals surface area contributed by atoms with Crippen molar-refractivity contribution >= 4 is 0 Å². The Kier molecular flexibility index (Phi) is 1.90. The van der Waals surface area contributed by atoms with Crippen molar-refractivity contribution < 1.29 is 0 Å². The maximum absolute atomic E-state index is 2.35. The molecule has 0 aliphatic heterocycles. The third-order valence-corrected chi connectivity index (χ3v) is 4.24. The highest BCUT2D eigenvalue weighted by Gasteiger charge is 2.39. The molecule has 2 fully saturated rings. The van der Waals surface area contributed by atoms with Gasteiger partial charge in [-0.25, -0.2) is 0 Å². The molecule has 0 spiro atoms. The van der Waals surface area contributed by atoms with E-state index in [0.29, 0.717) is 0 Å². The summed E-state index contributed by atoms with van der Waals surface area (Å²) in [4.78, 5) is 0. The first-order valence-corrected chi connectivity index (χ1v) is 5.89. The van der Waals surface area contributed by atoms with Gasteiger partial charge in [-0.1, -0.05) is 36.2 Å². The molecule has 3 rings (SSSR count). The first-order chi connectivity index (χ1) is 6.83. The van der Waals surface area contributed by atoms with E-state index in [-0.39, 0.29) is 0 Å². The van der Waals surface area contributed by atoms with Gasteiger partial charge in [-0.15, -0.1) is 0 Å². The third-order valence-electron chi connectivity index (χ3n) is 4.24. The van der Waals surface area contributed by atoms with Crippen LogP contribution in [0.15, 0.2) is 24.3 Å². The molecule has 1 aromatic carbocycles. The van der Waals surface area contributed by atoms with Gasteiger partial charge in [0.25, 0.3) is 0 Å². The molecule has 2 saturated carbocycles. The summed E-state index contributed by atoms with van der Waals surface area (Å²) in [5.41, 5.74) is 2.99. The molecule has 0 aromatic heterocycles. The molecule has 0 heteroatoms. The molecule has 0 saturated heterocycles. The molecule has 2 aliphatic carbocycles. The van der Waals surface area contributed by atoms with E-state index >= 15 is 0 Å². The van der Waals surface area contributed by atoms with Crippen LogP contribution in [0.2, 0.25) is 0 Å². The first-order valence-electron chi connectivity index (χ1n) is 5.89. The second-order valence-electron chi connectivity index (χ2n) is 5.19. The highest BCUT2D eigenvalue weighted by Crippen LogP contribution is 2.52. The van der Waals surface area contributed by atoms with Crippen molar-refractivity contribution in [2.75, 3.05) is 0 Å². The number of benzene rings is 1. The summed E-state index contributed by atoms with van der Waals surface area (Å²) < 4.78 is 0. The number of hydrogen-bond donors (Lipinski definition) is 0. The van der Waals surface area contributed by atoms with E-state index in [2.05, 4.69) is 31.2 Å². The Balaban J connectivity index is 1.86. The Labute approximate surface area is 86.3 Å². The normalized spacial score (nSPS) is 35.1. The predicted molar refractivity (Wildman–Crippen MR) is 59.4 cm³/mol. The van der Waals surface area contributed by atoms with Gasteiger partial charge in [0.1, 0.15) is 0 Å². The van der Waals surface area contributed by atoms with Crippen LogP contribution in [-0.2, 0) is 0 Å². The fourth-order valence-electron chi connectivity index (χ4n) is 3.47. The lowest BCUT2D eigenvalue weighted by Gasteiger charge is -2.22. The standard InChI is InChI=1S/C14H18/c1-10-2-5-12(6-3-10)14-9-11-4-7-13(14)8-11/h2-3,5-6,11,13-14H,4,7-9H2,1H3/t11-,13+,14-/m1/s1. The van der Waals surface area contributed by atoms with Gasteiger partial charge in [0.15, 0.2) is 0 Å². The summed E-state index contributed by atoms with van der Waals surface area (Å²) in [5, 5.41) is 0. The summed E-state index contributed by atoms with van der Waals surface area (Å²) in [5.74, 6) is 2.98. The van der Waals surface area contributed by atoms with Crippen molar-refractivity contribution in [2.24, 2.45) is 11.8 Å². The lowest BCUT2D eigenvalue weighted by Crippen LogP contribution is -2.08. The fourth-order valence-corrected chi connectivity index (χ4v) is 3.47. The van der Waals surface area contributed by atoms with Crippen LogP contribution in [0.3, 0.4) is 0 Å². The molecule has 2 aliphatic rings. The number of aryl methyl sites for hydroxylation is 1. The SMILES string of the molecule is Cc1ccc([C@H]2C[C@@H]3CC[C@H]2C3)cc1. The summed E-state index contributed by atoms with van der Waals surface area (Å²) in [6.07, 6.45) is 5.97. The molecule has 0 unspecified atom stereocenters. The van der Waals surface area contributed by atoms with Crippen LogP contribution in [0.25, 0.3) is 0 Å². The van der Waals surface area contributed by atoms with Gasteiger partial charge in [-0.3, -0.25) is 0 Å². The van der Waals surface area contributed by atoms with Gasteiger partial charge in [0, 0.05) is 0 Å². The third kappa shape index (κ3) is 1.28. The molecule has 0 nitrogen and oxygen atoms in total. The lowest BCUT2D eigenvalue weighted by molar-refractivity contribution is 0.420. The van der Waals surface area contributed by atoms with Gasteiger partial charge >= 0.3 is 0 Å². The summed E-state index contributed by atoms with van der Waals surface area (Å²) in [6.45, 7) is 2.17. The average Bonchev–Trinajstić information content (AvgIpc) is 2.80. The van der Waals surface area contributed by atoms with Crippen molar-refractivity contribution in [3.05, 3.63) is 35.4 Å². The first kappa shape index (κ1) is 8.52. The van der Waals surface area contributed by atoms with Crippen LogP contribution in [0.5, 0.6) is 0 Å². The smallest absolute Gasteiger partial charge is 0.0131 e. The molecule has 1 aromatic rings. The maximum atomic E-state index is 2.35. The molecule has 2 bridgehead atoms. The van der Waals surface area contributed by atoms with Gasteiger partial charge in [-0.2, -0.15) is 0 Å². The van der Waals surface area contributed by atoms with Crippen LogP contribution < -0.4 is 0 Å².